The molecule has 0 aliphatic heterocycles. The van der Waals surface area contributed by atoms with Crippen molar-refractivity contribution >= 4 is 41.3 Å². The van der Waals surface area contributed by atoms with Gasteiger partial charge in [0, 0.05) is 0 Å². The molecule has 0 bridgehead atoms. The summed E-state index contributed by atoms with van der Waals surface area (Å²) in [6.45, 7) is 0. The van der Waals surface area contributed by atoms with Crippen LogP contribution in [-0.2, 0) is 0 Å². The van der Waals surface area contributed by atoms with E-state index in [0.717, 1.165) is 0 Å². The minimum absolute atomic E-state index is 0.0642. The van der Waals surface area contributed by atoms with E-state index in [1.54, 1.807) is 7.22 Å². The van der Waals surface area contributed by atoms with Crippen LogP contribution in [-0.4, -0.2) is 34.1 Å². The summed E-state index contributed by atoms with van der Waals surface area (Å²) in [4.78, 5) is 0. The third-order valence-electron chi connectivity index (χ3n) is 4.16. The minimum atomic E-state index is -0.0642. The molecule has 4 aromatic carbocycles. The Morgan fingerprint density at radius 2 is 0.615 bits per heavy atom. The van der Waals surface area contributed by atoms with Gasteiger partial charge in [0.25, 0.3) is 0 Å². The van der Waals surface area contributed by atoms with Gasteiger partial charge in [-0.15, -0.1) is 0 Å². The molecule has 0 atom stereocenters. The molecule has 0 unspecified atom stereocenters. The molecular weight excluding hydrogens is 543 g/mol. The van der Waals surface area contributed by atoms with E-state index in [9.17, 15) is 0 Å². The second-order valence-corrected chi connectivity index (χ2v) is 16.0. The molecule has 0 N–H and O–H groups in total. The topological polar surface area (TPSA) is 0 Å². The van der Waals surface area contributed by atoms with Crippen molar-refractivity contribution < 1.29 is 0 Å². The zero-order valence-corrected chi connectivity index (χ0v) is 18.9. The van der Waals surface area contributed by atoms with Crippen LogP contribution in [0.25, 0.3) is 22.3 Å². The average molecular weight is 562 g/mol. The van der Waals surface area contributed by atoms with Gasteiger partial charge >= 0.3 is 173 Å². The van der Waals surface area contributed by atoms with E-state index in [4.69, 9.17) is 0 Å². The first kappa shape index (κ1) is 17.9. The van der Waals surface area contributed by atoms with Crippen molar-refractivity contribution in [3.63, 3.8) is 0 Å². The van der Waals surface area contributed by atoms with E-state index >= 15 is 0 Å². The molecule has 4 rings (SSSR count). The van der Waals surface area contributed by atoms with E-state index in [1.165, 1.54) is 22.3 Å². The zero-order valence-electron chi connectivity index (χ0n) is 14.2. The molecule has 126 valence electrons. The molecule has 0 nitrogen and oxygen atoms in total. The Morgan fingerprint density at radius 1 is 0.308 bits per heavy atom. The fourth-order valence-corrected chi connectivity index (χ4v) is 12.7. The molecule has 0 fully saturated rings. The monoisotopic (exact) mass is 566 g/mol. The van der Waals surface area contributed by atoms with E-state index in [1.807, 2.05) is 0 Å². The van der Waals surface area contributed by atoms with Crippen LogP contribution in [0.2, 0.25) is 0 Å². The molecule has 0 amide bonds. The molecule has 0 spiro atoms. The number of benzene rings is 4. The molecule has 4 aromatic rings. The van der Waals surface area contributed by atoms with Gasteiger partial charge in [-0.1, -0.05) is 0 Å². The van der Waals surface area contributed by atoms with Gasteiger partial charge in [0.2, 0.25) is 0 Å². The molecule has 0 aliphatic rings. The van der Waals surface area contributed by atoms with Gasteiger partial charge in [-0.3, -0.25) is 0 Å². The molecule has 0 radical (unpaired) electrons. The Kier molecular flexibility index (Phi) is 6.11. The summed E-state index contributed by atoms with van der Waals surface area (Å²) in [5.74, 6) is 0. The van der Waals surface area contributed by atoms with Crippen LogP contribution < -0.4 is 7.22 Å². The Hall–Kier alpha value is -1.54. The van der Waals surface area contributed by atoms with Crippen LogP contribution in [0.15, 0.2) is 109 Å². The number of hydrogen-bond acceptors (Lipinski definition) is 0. The maximum absolute atomic E-state index is 2.34. The van der Waals surface area contributed by atoms with E-state index < -0.39 is 0 Å². The fourth-order valence-electron chi connectivity index (χ4n) is 2.76. The van der Waals surface area contributed by atoms with Gasteiger partial charge in [-0.05, 0) is 0 Å². The van der Waals surface area contributed by atoms with Crippen LogP contribution in [0.1, 0.15) is 0 Å². The van der Waals surface area contributed by atoms with Crippen LogP contribution in [0, 0.1) is 0 Å². The van der Waals surface area contributed by atoms with Gasteiger partial charge < -0.3 is 0 Å². The van der Waals surface area contributed by atoms with Crippen molar-refractivity contribution in [1.82, 2.24) is 0 Å². The normalized spacial score (nSPS) is 10.6. The molecule has 0 aliphatic carbocycles. The first-order valence-corrected chi connectivity index (χ1v) is 18.2. The molecule has 0 saturated carbocycles. The first-order valence-electron chi connectivity index (χ1n) is 8.54. The van der Waals surface area contributed by atoms with E-state index in [0.29, 0.717) is 0 Å². The van der Waals surface area contributed by atoms with E-state index in [-0.39, 0.29) is 34.1 Å². The summed E-state index contributed by atoms with van der Waals surface area (Å²) in [7, 11) is 0. The summed E-state index contributed by atoms with van der Waals surface area (Å²) in [5, 5.41) is 0. The summed E-state index contributed by atoms with van der Waals surface area (Å²) >= 11 is -0.128. The summed E-state index contributed by atoms with van der Waals surface area (Å²) in [6.07, 6.45) is 0. The molecule has 2 heteroatoms. The first-order chi connectivity index (χ1) is 12.9. The van der Waals surface area contributed by atoms with Crippen LogP contribution in [0.5, 0.6) is 0 Å². The van der Waals surface area contributed by atoms with Crippen molar-refractivity contribution in [2.45, 2.75) is 0 Å². The van der Waals surface area contributed by atoms with Crippen molar-refractivity contribution in [2.75, 3.05) is 0 Å². The Balaban J connectivity index is 1.40. The van der Waals surface area contributed by atoms with Crippen LogP contribution >= 0.6 is 0 Å². The van der Waals surface area contributed by atoms with Gasteiger partial charge in [0.15, 0.2) is 0 Å². The predicted octanol–water partition coefficient (Wildman–Crippen LogP) is 4.29. The Labute approximate surface area is 171 Å². The third-order valence-corrected chi connectivity index (χ3v) is 16.0. The quantitative estimate of drug-likeness (QED) is 0.319. The number of hydrogen-bond donors (Lipinski definition) is 0. The molecule has 26 heavy (non-hydrogen) atoms. The molecule has 0 heterocycles. The van der Waals surface area contributed by atoms with Crippen molar-refractivity contribution in [3.05, 3.63) is 109 Å². The molecule has 0 saturated heterocycles. The second kappa shape index (κ2) is 8.90. The van der Waals surface area contributed by atoms with Gasteiger partial charge in [0.05, 0.1) is 0 Å². The number of rotatable bonds is 5. The summed E-state index contributed by atoms with van der Waals surface area (Å²) < 4.78 is 3.15. The summed E-state index contributed by atoms with van der Waals surface area (Å²) in [6, 6.07) is 39.7. The fraction of sp³-hybridized carbons (Fsp3) is 0. The van der Waals surface area contributed by atoms with Gasteiger partial charge in [-0.25, -0.2) is 0 Å². The van der Waals surface area contributed by atoms with E-state index in [2.05, 4.69) is 109 Å². The standard InChI is InChI=1S/C24H18Te2/c1-3-7-19(8-4-1)21-11-15-23(16-12-21)25-26-24-17-13-22(14-18-24)20-9-5-2-6-10-20/h1-18H. The molecule has 0 aromatic heterocycles. The average Bonchev–Trinajstić information content (AvgIpc) is 2.74. The second-order valence-electron chi connectivity index (χ2n) is 5.95. The van der Waals surface area contributed by atoms with Gasteiger partial charge in [-0.2, -0.15) is 0 Å². The summed E-state index contributed by atoms with van der Waals surface area (Å²) in [5.41, 5.74) is 5.23. The van der Waals surface area contributed by atoms with Crippen molar-refractivity contribution in [2.24, 2.45) is 0 Å². The van der Waals surface area contributed by atoms with Crippen molar-refractivity contribution in [1.29, 1.82) is 0 Å². The third kappa shape index (κ3) is 4.59. The Bertz CT molecular complexity index is 861. The van der Waals surface area contributed by atoms with Crippen LogP contribution in [0.3, 0.4) is 0 Å². The molecular formula is C24H18Te2. The van der Waals surface area contributed by atoms with Gasteiger partial charge in [0.1, 0.15) is 0 Å². The SMILES string of the molecule is c1ccc(-c2ccc([Te][Te]c3ccc(-c4ccccc4)cc3)cc2)cc1. The zero-order chi connectivity index (χ0) is 17.6. The van der Waals surface area contributed by atoms with Crippen LogP contribution in [0.4, 0.5) is 0 Å². The Morgan fingerprint density at radius 3 is 0.962 bits per heavy atom. The van der Waals surface area contributed by atoms with Crippen molar-refractivity contribution in [3.8, 4) is 22.3 Å². The predicted molar refractivity (Wildman–Crippen MR) is 115 cm³/mol. The maximum atomic E-state index is 2.34.